The van der Waals surface area contributed by atoms with Crippen LogP contribution in [0.4, 0.5) is 4.39 Å². The van der Waals surface area contributed by atoms with E-state index in [9.17, 15) is 9.18 Å². The number of rotatable bonds is 3. The molecule has 0 saturated carbocycles. The number of nitrogens with zero attached hydrogens (tertiary/aromatic N) is 2. The highest BCUT2D eigenvalue weighted by Gasteiger charge is 2.13. The Morgan fingerprint density at radius 3 is 2.90 bits per heavy atom. The molecule has 0 bridgehead atoms. The fourth-order valence-corrected chi connectivity index (χ4v) is 3.35. The van der Waals surface area contributed by atoms with Crippen molar-refractivity contribution in [1.29, 1.82) is 0 Å². The van der Waals surface area contributed by atoms with Crippen LogP contribution in [-0.4, -0.2) is 15.8 Å². The van der Waals surface area contributed by atoms with E-state index in [0.717, 1.165) is 0 Å². The summed E-state index contributed by atoms with van der Waals surface area (Å²) in [6, 6.07) is 8.31. The van der Waals surface area contributed by atoms with Gasteiger partial charge in [0.15, 0.2) is 5.16 Å². The number of benzene rings is 1. The average molecular weight is 306 g/mol. The van der Waals surface area contributed by atoms with Crippen LogP contribution in [-0.2, 0) is 6.54 Å². The third-order valence-electron chi connectivity index (χ3n) is 3.00. The van der Waals surface area contributed by atoms with Gasteiger partial charge >= 0.3 is 0 Å². The first-order valence-corrected chi connectivity index (χ1v) is 8.06. The fourth-order valence-electron chi connectivity index (χ4n) is 2.02. The van der Waals surface area contributed by atoms with Crippen molar-refractivity contribution in [2.24, 2.45) is 0 Å². The van der Waals surface area contributed by atoms with Gasteiger partial charge in [-0.1, -0.05) is 30.0 Å². The van der Waals surface area contributed by atoms with Crippen LogP contribution in [0.2, 0.25) is 0 Å². The van der Waals surface area contributed by atoms with Gasteiger partial charge in [0.2, 0.25) is 0 Å². The van der Waals surface area contributed by atoms with E-state index in [2.05, 4.69) is 4.98 Å². The minimum atomic E-state index is -0.308. The number of thiophene rings is 1. The third-order valence-corrected chi connectivity index (χ3v) is 4.57. The van der Waals surface area contributed by atoms with Crippen LogP contribution >= 0.6 is 23.1 Å². The van der Waals surface area contributed by atoms with Gasteiger partial charge in [-0.3, -0.25) is 9.36 Å². The zero-order chi connectivity index (χ0) is 14.1. The van der Waals surface area contributed by atoms with Crippen LogP contribution in [0.3, 0.4) is 0 Å². The molecule has 2 aromatic heterocycles. The molecule has 0 aliphatic rings. The summed E-state index contributed by atoms with van der Waals surface area (Å²) < 4.78 is 15.9. The Labute approximate surface area is 123 Å². The Hall–Kier alpha value is -1.66. The summed E-state index contributed by atoms with van der Waals surface area (Å²) in [6.07, 6.45) is 1.86. The Kier molecular flexibility index (Phi) is 3.58. The molecular weight excluding hydrogens is 295 g/mol. The van der Waals surface area contributed by atoms with Gasteiger partial charge in [-0.15, -0.1) is 11.3 Å². The molecule has 2 heterocycles. The highest BCUT2D eigenvalue weighted by molar-refractivity contribution is 7.98. The minimum absolute atomic E-state index is 0.113. The van der Waals surface area contributed by atoms with E-state index >= 15 is 0 Å². The van der Waals surface area contributed by atoms with Gasteiger partial charge < -0.3 is 0 Å². The van der Waals surface area contributed by atoms with Crippen molar-refractivity contribution < 1.29 is 4.39 Å². The summed E-state index contributed by atoms with van der Waals surface area (Å²) in [6.45, 7) is 0.197. The largest absolute Gasteiger partial charge is 0.282 e. The third kappa shape index (κ3) is 2.25. The van der Waals surface area contributed by atoms with Gasteiger partial charge in [-0.05, 0) is 23.8 Å². The fraction of sp³-hybridized carbons (Fsp3) is 0.143. The molecule has 0 saturated heterocycles. The van der Waals surface area contributed by atoms with E-state index in [-0.39, 0.29) is 17.9 Å². The quantitative estimate of drug-likeness (QED) is 0.550. The van der Waals surface area contributed by atoms with Crippen molar-refractivity contribution in [3.05, 3.63) is 57.4 Å². The smallest absolute Gasteiger partial charge is 0.272 e. The first-order chi connectivity index (χ1) is 9.70. The second-order valence-corrected chi connectivity index (χ2v) is 5.91. The molecule has 3 aromatic rings. The summed E-state index contributed by atoms with van der Waals surface area (Å²) in [5.41, 5.74) is 1.08. The minimum Gasteiger partial charge on any atom is -0.282 e. The van der Waals surface area contributed by atoms with E-state index in [1.54, 1.807) is 18.2 Å². The van der Waals surface area contributed by atoms with Crippen molar-refractivity contribution in [3.8, 4) is 0 Å². The van der Waals surface area contributed by atoms with Gasteiger partial charge in [0, 0.05) is 5.56 Å². The number of aromatic nitrogens is 2. The highest BCUT2D eigenvalue weighted by atomic mass is 32.2. The number of thioether (sulfide) groups is 1. The van der Waals surface area contributed by atoms with Crippen molar-refractivity contribution in [2.45, 2.75) is 11.7 Å². The number of hydrogen-bond acceptors (Lipinski definition) is 4. The van der Waals surface area contributed by atoms with Crippen molar-refractivity contribution in [1.82, 2.24) is 9.55 Å². The lowest BCUT2D eigenvalue weighted by Gasteiger charge is -2.11. The lowest BCUT2D eigenvalue weighted by atomic mass is 10.2. The molecule has 0 aliphatic heterocycles. The van der Waals surface area contributed by atoms with Gasteiger partial charge in [-0.25, -0.2) is 9.37 Å². The summed E-state index contributed by atoms with van der Waals surface area (Å²) in [4.78, 5) is 16.9. The lowest BCUT2D eigenvalue weighted by Crippen LogP contribution is -2.23. The van der Waals surface area contributed by atoms with Crippen LogP contribution in [0.5, 0.6) is 0 Å². The lowest BCUT2D eigenvalue weighted by molar-refractivity contribution is 0.580. The standard InChI is InChI=1S/C14H11FN2OS2/c1-19-14-16-11-6-7-20-12(11)13(18)17(14)8-9-4-2-3-5-10(9)15/h2-7H,8H2,1H3. The summed E-state index contributed by atoms with van der Waals surface area (Å²) >= 11 is 2.75. The molecule has 0 spiro atoms. The van der Waals surface area contributed by atoms with Crippen molar-refractivity contribution in [2.75, 3.05) is 6.26 Å². The molecule has 0 radical (unpaired) electrons. The molecule has 3 rings (SSSR count). The van der Waals surface area contributed by atoms with Gasteiger partial charge in [0.1, 0.15) is 10.5 Å². The number of halogens is 1. The molecule has 0 fully saturated rings. The van der Waals surface area contributed by atoms with Crippen molar-refractivity contribution in [3.63, 3.8) is 0 Å². The molecule has 6 heteroatoms. The van der Waals surface area contributed by atoms with E-state index < -0.39 is 0 Å². The molecule has 0 unspecified atom stereocenters. The first kappa shape index (κ1) is 13.3. The van der Waals surface area contributed by atoms with Gasteiger partial charge in [0.05, 0.1) is 12.1 Å². The van der Waals surface area contributed by atoms with Crippen LogP contribution in [0.1, 0.15) is 5.56 Å². The zero-order valence-electron chi connectivity index (χ0n) is 10.7. The topological polar surface area (TPSA) is 34.9 Å². The highest BCUT2D eigenvalue weighted by Crippen LogP contribution is 2.20. The average Bonchev–Trinajstić information content (AvgIpc) is 2.92. The molecule has 102 valence electrons. The maximum absolute atomic E-state index is 13.8. The van der Waals surface area contributed by atoms with E-state index in [1.807, 2.05) is 17.7 Å². The van der Waals surface area contributed by atoms with E-state index in [0.29, 0.717) is 20.9 Å². The Morgan fingerprint density at radius 1 is 1.35 bits per heavy atom. The van der Waals surface area contributed by atoms with E-state index in [1.165, 1.54) is 33.7 Å². The summed E-state index contributed by atoms with van der Waals surface area (Å²) in [7, 11) is 0. The number of fused-ring (bicyclic) bond motifs is 1. The Bertz CT molecular complexity index is 825. The molecular formula is C14H11FN2OS2. The van der Waals surface area contributed by atoms with Crippen molar-refractivity contribution >= 4 is 33.3 Å². The molecule has 0 N–H and O–H groups in total. The van der Waals surface area contributed by atoms with Crippen LogP contribution < -0.4 is 5.56 Å². The Balaban J connectivity index is 2.17. The molecule has 1 aromatic carbocycles. The predicted molar refractivity (Wildman–Crippen MR) is 81.2 cm³/mol. The monoisotopic (exact) mass is 306 g/mol. The van der Waals surface area contributed by atoms with E-state index in [4.69, 9.17) is 0 Å². The maximum Gasteiger partial charge on any atom is 0.272 e. The van der Waals surface area contributed by atoms with Gasteiger partial charge in [-0.2, -0.15) is 0 Å². The van der Waals surface area contributed by atoms with Crippen LogP contribution in [0.15, 0.2) is 45.7 Å². The van der Waals surface area contributed by atoms with Crippen LogP contribution in [0.25, 0.3) is 10.2 Å². The van der Waals surface area contributed by atoms with Gasteiger partial charge in [0.25, 0.3) is 5.56 Å². The van der Waals surface area contributed by atoms with Crippen LogP contribution in [0, 0.1) is 5.82 Å². The second kappa shape index (κ2) is 5.38. The first-order valence-electron chi connectivity index (χ1n) is 5.96. The summed E-state index contributed by atoms with van der Waals surface area (Å²) in [5.74, 6) is -0.308. The molecule has 0 amide bonds. The predicted octanol–water partition coefficient (Wildman–Crippen LogP) is 3.37. The molecule has 0 aliphatic carbocycles. The Morgan fingerprint density at radius 2 is 2.15 bits per heavy atom. The normalized spacial score (nSPS) is 11.1. The molecule has 0 atom stereocenters. The SMILES string of the molecule is CSc1nc2ccsc2c(=O)n1Cc1ccccc1F. The molecule has 20 heavy (non-hydrogen) atoms. The zero-order valence-corrected chi connectivity index (χ0v) is 12.3. The second-order valence-electron chi connectivity index (χ2n) is 4.22. The summed E-state index contributed by atoms with van der Waals surface area (Å²) in [5, 5.41) is 2.44. The molecule has 3 nitrogen and oxygen atoms in total. The number of hydrogen-bond donors (Lipinski definition) is 0. The maximum atomic E-state index is 13.8.